The number of carboxylic acids is 1. The molecule has 0 aliphatic carbocycles. The van der Waals surface area contributed by atoms with Crippen LogP contribution >= 0.6 is 27.7 Å². The van der Waals surface area contributed by atoms with Gasteiger partial charge in [-0.15, -0.1) is 0 Å². The number of halogens is 1. The van der Waals surface area contributed by atoms with E-state index in [1.165, 1.54) is 12.1 Å². The van der Waals surface area contributed by atoms with Crippen LogP contribution in [-0.4, -0.2) is 22.2 Å². The minimum absolute atomic E-state index is 0.220. The monoisotopic (exact) mass is 432 g/mol. The summed E-state index contributed by atoms with van der Waals surface area (Å²) in [6, 6.07) is 11.9. The SMILES string of the molecule is NC1=NC(=O)C(=Cc2cc(Br)ccc2OCc2ccc(C(=O)O)cc2)S1. The lowest BCUT2D eigenvalue weighted by atomic mass is 10.1. The van der Waals surface area contributed by atoms with E-state index in [0.29, 0.717) is 16.2 Å². The first-order valence-corrected chi connectivity index (χ1v) is 9.06. The summed E-state index contributed by atoms with van der Waals surface area (Å²) < 4.78 is 6.69. The number of carbonyl (C=O) groups excluding carboxylic acids is 1. The van der Waals surface area contributed by atoms with Crippen LogP contribution < -0.4 is 10.5 Å². The van der Waals surface area contributed by atoms with E-state index < -0.39 is 5.97 Å². The summed E-state index contributed by atoms with van der Waals surface area (Å²) in [6.45, 7) is 0.261. The highest BCUT2D eigenvalue weighted by Gasteiger charge is 2.20. The second-order valence-corrected chi connectivity index (χ2v) is 7.32. The molecule has 2 aromatic carbocycles. The van der Waals surface area contributed by atoms with E-state index >= 15 is 0 Å². The van der Waals surface area contributed by atoms with Gasteiger partial charge in [0.15, 0.2) is 5.17 Å². The minimum atomic E-state index is -0.973. The lowest BCUT2D eigenvalue weighted by molar-refractivity contribution is -0.113. The van der Waals surface area contributed by atoms with Crippen molar-refractivity contribution in [2.24, 2.45) is 10.7 Å². The Labute approximate surface area is 161 Å². The van der Waals surface area contributed by atoms with Gasteiger partial charge in [-0.05, 0) is 53.7 Å². The maximum Gasteiger partial charge on any atom is 0.335 e. The molecule has 1 amide bonds. The van der Waals surface area contributed by atoms with Gasteiger partial charge in [0, 0.05) is 10.0 Å². The van der Waals surface area contributed by atoms with E-state index in [-0.39, 0.29) is 23.2 Å². The first-order valence-electron chi connectivity index (χ1n) is 7.45. The van der Waals surface area contributed by atoms with Gasteiger partial charge in [0.05, 0.1) is 10.5 Å². The maximum absolute atomic E-state index is 11.8. The van der Waals surface area contributed by atoms with Crippen molar-refractivity contribution < 1.29 is 19.4 Å². The fraction of sp³-hybridized carbons (Fsp3) is 0.0556. The summed E-state index contributed by atoms with van der Waals surface area (Å²) in [7, 11) is 0. The number of hydrogen-bond donors (Lipinski definition) is 2. The van der Waals surface area contributed by atoms with Crippen LogP contribution in [-0.2, 0) is 11.4 Å². The molecule has 6 nitrogen and oxygen atoms in total. The Morgan fingerprint density at radius 1 is 1.27 bits per heavy atom. The summed E-state index contributed by atoms with van der Waals surface area (Å²) in [5.74, 6) is -0.760. The van der Waals surface area contributed by atoms with Gasteiger partial charge >= 0.3 is 5.97 Å². The van der Waals surface area contributed by atoms with Crippen LogP contribution in [0.3, 0.4) is 0 Å². The molecule has 3 rings (SSSR count). The molecule has 0 saturated heterocycles. The van der Waals surface area contributed by atoms with E-state index in [9.17, 15) is 9.59 Å². The highest BCUT2D eigenvalue weighted by atomic mass is 79.9. The molecular formula is C18H13BrN2O4S. The maximum atomic E-state index is 11.8. The number of carbonyl (C=O) groups is 2. The Kier molecular flexibility index (Phi) is 5.43. The fourth-order valence-corrected chi connectivity index (χ4v) is 3.29. The van der Waals surface area contributed by atoms with Gasteiger partial charge < -0.3 is 15.6 Å². The third kappa shape index (κ3) is 4.33. The summed E-state index contributed by atoms with van der Waals surface area (Å²) >= 11 is 4.52. The van der Waals surface area contributed by atoms with Crippen molar-refractivity contribution in [1.29, 1.82) is 0 Å². The van der Waals surface area contributed by atoms with Crippen molar-refractivity contribution in [2.45, 2.75) is 6.61 Å². The Bertz CT molecular complexity index is 939. The van der Waals surface area contributed by atoms with Gasteiger partial charge in [-0.1, -0.05) is 28.1 Å². The van der Waals surface area contributed by atoms with Gasteiger partial charge in [0.2, 0.25) is 0 Å². The zero-order chi connectivity index (χ0) is 18.7. The molecule has 2 aromatic rings. The standard InChI is InChI=1S/C18H13BrN2O4S/c19-13-5-6-14(12(7-13)8-15-16(22)21-18(20)26-15)25-9-10-1-3-11(4-2-10)17(23)24/h1-8H,9H2,(H,23,24)(H2,20,21,22). The number of ether oxygens (including phenoxy) is 1. The Hall–Kier alpha value is -2.58. The number of nitrogens with zero attached hydrogens (tertiary/aromatic N) is 1. The van der Waals surface area contributed by atoms with Crippen molar-refractivity contribution in [3.8, 4) is 5.75 Å². The van der Waals surface area contributed by atoms with Gasteiger partial charge in [0.25, 0.3) is 5.91 Å². The number of rotatable bonds is 5. The third-order valence-corrected chi connectivity index (χ3v) is 4.80. The van der Waals surface area contributed by atoms with Crippen LogP contribution in [0.5, 0.6) is 5.75 Å². The van der Waals surface area contributed by atoms with Crippen molar-refractivity contribution in [1.82, 2.24) is 0 Å². The summed E-state index contributed by atoms with van der Waals surface area (Å²) in [5.41, 5.74) is 7.33. The average molecular weight is 433 g/mol. The molecule has 8 heteroatoms. The van der Waals surface area contributed by atoms with Crippen LogP contribution in [0.2, 0.25) is 0 Å². The van der Waals surface area contributed by atoms with Crippen LogP contribution in [0.15, 0.2) is 56.8 Å². The first-order chi connectivity index (χ1) is 12.4. The number of nitrogens with two attached hydrogens (primary N) is 1. The Morgan fingerprint density at radius 2 is 2.00 bits per heavy atom. The molecular weight excluding hydrogens is 420 g/mol. The second-order valence-electron chi connectivity index (χ2n) is 5.34. The largest absolute Gasteiger partial charge is 0.488 e. The zero-order valence-electron chi connectivity index (χ0n) is 13.3. The fourth-order valence-electron chi connectivity index (χ4n) is 2.23. The number of aliphatic imine (C=N–C) groups is 1. The third-order valence-electron chi connectivity index (χ3n) is 3.49. The summed E-state index contributed by atoms with van der Waals surface area (Å²) in [4.78, 5) is 26.8. The van der Waals surface area contributed by atoms with Crippen molar-refractivity contribution in [2.75, 3.05) is 0 Å². The molecule has 0 radical (unpaired) electrons. The van der Waals surface area contributed by atoms with Gasteiger partial charge in [-0.25, -0.2) is 4.79 Å². The summed E-state index contributed by atoms with van der Waals surface area (Å²) in [5, 5.41) is 9.15. The molecule has 0 fully saturated rings. The molecule has 0 unspecified atom stereocenters. The highest BCUT2D eigenvalue weighted by molar-refractivity contribution is 9.10. The number of benzene rings is 2. The second kappa shape index (κ2) is 7.76. The Morgan fingerprint density at radius 3 is 2.62 bits per heavy atom. The highest BCUT2D eigenvalue weighted by Crippen LogP contribution is 2.31. The van der Waals surface area contributed by atoms with E-state index in [1.54, 1.807) is 24.3 Å². The topological polar surface area (TPSA) is 102 Å². The molecule has 1 heterocycles. The van der Waals surface area contributed by atoms with Crippen molar-refractivity contribution in [3.63, 3.8) is 0 Å². The van der Waals surface area contributed by atoms with Crippen LogP contribution in [0.4, 0.5) is 0 Å². The van der Waals surface area contributed by atoms with Crippen LogP contribution in [0, 0.1) is 0 Å². The predicted molar refractivity (Wildman–Crippen MR) is 104 cm³/mol. The van der Waals surface area contributed by atoms with E-state index in [4.69, 9.17) is 15.6 Å². The quantitative estimate of drug-likeness (QED) is 0.698. The molecule has 26 heavy (non-hydrogen) atoms. The molecule has 0 spiro atoms. The number of carboxylic acid groups (broad SMARTS) is 1. The predicted octanol–water partition coefficient (Wildman–Crippen LogP) is 3.66. The van der Waals surface area contributed by atoms with E-state index in [1.807, 2.05) is 12.1 Å². The van der Waals surface area contributed by atoms with Gasteiger partial charge in [-0.3, -0.25) is 4.79 Å². The van der Waals surface area contributed by atoms with E-state index in [2.05, 4.69) is 20.9 Å². The van der Waals surface area contributed by atoms with Crippen LogP contribution in [0.25, 0.3) is 6.08 Å². The normalized spacial score (nSPS) is 15.2. The van der Waals surface area contributed by atoms with Crippen molar-refractivity contribution >= 4 is 50.8 Å². The minimum Gasteiger partial charge on any atom is -0.488 e. The Balaban J connectivity index is 1.79. The van der Waals surface area contributed by atoms with Gasteiger partial charge in [-0.2, -0.15) is 4.99 Å². The smallest absolute Gasteiger partial charge is 0.335 e. The number of aromatic carboxylic acids is 1. The average Bonchev–Trinajstić information content (AvgIpc) is 2.92. The molecule has 3 N–H and O–H groups in total. The summed E-state index contributed by atoms with van der Waals surface area (Å²) in [6.07, 6.45) is 1.68. The first kappa shape index (κ1) is 18.2. The van der Waals surface area contributed by atoms with Crippen LogP contribution in [0.1, 0.15) is 21.5 Å². The zero-order valence-corrected chi connectivity index (χ0v) is 15.7. The number of amidine groups is 1. The number of hydrogen-bond acceptors (Lipinski definition) is 5. The van der Waals surface area contributed by atoms with Crippen molar-refractivity contribution in [3.05, 3.63) is 68.5 Å². The number of thioether (sulfide) groups is 1. The molecule has 1 aliphatic rings. The lowest BCUT2D eigenvalue weighted by Crippen LogP contribution is -2.01. The molecule has 0 saturated carbocycles. The molecule has 0 bridgehead atoms. The molecule has 0 atom stereocenters. The molecule has 0 aromatic heterocycles. The van der Waals surface area contributed by atoms with E-state index in [0.717, 1.165) is 21.8 Å². The number of amides is 1. The lowest BCUT2D eigenvalue weighted by Gasteiger charge is -2.10. The van der Waals surface area contributed by atoms with Gasteiger partial charge in [0.1, 0.15) is 12.4 Å². The molecule has 1 aliphatic heterocycles. The molecule has 132 valence electrons.